The van der Waals surface area contributed by atoms with Crippen molar-refractivity contribution in [2.45, 2.75) is 25.7 Å². The fourth-order valence-corrected chi connectivity index (χ4v) is 1.70. The highest BCUT2D eigenvalue weighted by Gasteiger charge is 2.03. The highest BCUT2D eigenvalue weighted by Crippen LogP contribution is 2.23. The lowest BCUT2D eigenvalue weighted by Gasteiger charge is -2.07. The molecule has 0 aliphatic heterocycles. The largest absolute Gasteiger partial charge is 0.0842 e. The smallest absolute Gasteiger partial charge is 0.00670 e. The molecule has 0 saturated carbocycles. The number of rotatable bonds is 2. The van der Waals surface area contributed by atoms with Crippen molar-refractivity contribution in [2.24, 2.45) is 0 Å². The minimum Gasteiger partial charge on any atom is -0.0842 e. The zero-order chi connectivity index (χ0) is 8.23. The van der Waals surface area contributed by atoms with E-state index in [1.54, 1.807) is 5.57 Å². The van der Waals surface area contributed by atoms with Gasteiger partial charge in [0.2, 0.25) is 0 Å². The van der Waals surface area contributed by atoms with Crippen molar-refractivity contribution in [3.05, 3.63) is 47.6 Å². The van der Waals surface area contributed by atoms with Crippen molar-refractivity contribution >= 4 is 0 Å². The molecular weight excluding hydrogens is 144 g/mol. The van der Waals surface area contributed by atoms with E-state index in [1.165, 1.54) is 24.8 Å². The molecule has 0 heterocycles. The Labute approximate surface area is 74.0 Å². The molecule has 0 aromatic rings. The molecule has 0 unspecified atom stereocenters. The van der Waals surface area contributed by atoms with E-state index >= 15 is 0 Å². The molecule has 2 aliphatic rings. The van der Waals surface area contributed by atoms with Crippen LogP contribution in [0.1, 0.15) is 25.7 Å². The summed E-state index contributed by atoms with van der Waals surface area (Å²) in [6, 6.07) is 0. The van der Waals surface area contributed by atoms with Crippen LogP contribution < -0.4 is 0 Å². The Kier molecular flexibility index (Phi) is 2.26. The third kappa shape index (κ3) is 1.76. The van der Waals surface area contributed by atoms with Gasteiger partial charge >= 0.3 is 0 Å². The predicted molar refractivity (Wildman–Crippen MR) is 52.9 cm³/mol. The summed E-state index contributed by atoms with van der Waals surface area (Å²) in [5.74, 6) is 0. The molecule has 0 fully saturated rings. The molecule has 0 bridgehead atoms. The summed E-state index contributed by atoms with van der Waals surface area (Å²) in [5.41, 5.74) is 3.08. The van der Waals surface area contributed by atoms with E-state index in [9.17, 15) is 0 Å². The highest BCUT2D eigenvalue weighted by atomic mass is 14.1. The first kappa shape index (κ1) is 7.60. The molecule has 12 heavy (non-hydrogen) atoms. The van der Waals surface area contributed by atoms with Crippen LogP contribution in [0.4, 0.5) is 0 Å². The fraction of sp³-hybridized carbons (Fsp3) is 0.333. The van der Waals surface area contributed by atoms with Gasteiger partial charge in [-0.2, -0.15) is 0 Å². The molecule has 0 aromatic heterocycles. The van der Waals surface area contributed by atoms with E-state index in [2.05, 4.69) is 36.5 Å². The third-order valence-corrected chi connectivity index (χ3v) is 2.38. The van der Waals surface area contributed by atoms with Crippen molar-refractivity contribution < 1.29 is 0 Å². The van der Waals surface area contributed by atoms with Crippen LogP contribution in [-0.2, 0) is 0 Å². The average molecular weight is 158 g/mol. The minimum atomic E-state index is 1.14. The zero-order valence-electron chi connectivity index (χ0n) is 7.29. The van der Waals surface area contributed by atoms with Gasteiger partial charge in [-0.05, 0) is 31.3 Å². The predicted octanol–water partition coefficient (Wildman–Crippen LogP) is 3.54. The van der Waals surface area contributed by atoms with Crippen LogP contribution in [0.2, 0.25) is 0 Å². The average Bonchev–Trinajstić information content (AvgIpc) is 2.59. The zero-order valence-corrected chi connectivity index (χ0v) is 7.29. The van der Waals surface area contributed by atoms with Crippen molar-refractivity contribution in [3.8, 4) is 0 Å². The van der Waals surface area contributed by atoms with Gasteiger partial charge in [0.05, 0.1) is 0 Å². The Balaban J connectivity index is 1.98. The van der Waals surface area contributed by atoms with Crippen LogP contribution in [0, 0.1) is 0 Å². The molecule has 62 valence electrons. The van der Waals surface area contributed by atoms with Crippen LogP contribution in [0.15, 0.2) is 47.6 Å². The van der Waals surface area contributed by atoms with Crippen LogP contribution in [0.3, 0.4) is 0 Å². The number of hydrogen-bond acceptors (Lipinski definition) is 0. The van der Waals surface area contributed by atoms with E-state index in [-0.39, 0.29) is 0 Å². The standard InChI is InChI=1S/C12H14/c1-2-6-11(7-3-1)10-12-8-4-5-9-12/h1-2,4,6,8-9H,3,5,7,10H2. The Morgan fingerprint density at radius 1 is 1.25 bits per heavy atom. The molecule has 0 aromatic carbocycles. The molecule has 0 saturated heterocycles. The SMILES string of the molecule is C1=CCCC(CC2=CCC=C2)=C1. The minimum absolute atomic E-state index is 1.14. The summed E-state index contributed by atoms with van der Waals surface area (Å²) in [5, 5.41) is 0. The van der Waals surface area contributed by atoms with Gasteiger partial charge in [-0.3, -0.25) is 0 Å². The fourth-order valence-electron chi connectivity index (χ4n) is 1.70. The summed E-state index contributed by atoms with van der Waals surface area (Å²) >= 11 is 0. The van der Waals surface area contributed by atoms with Crippen LogP contribution in [-0.4, -0.2) is 0 Å². The third-order valence-electron chi connectivity index (χ3n) is 2.38. The van der Waals surface area contributed by atoms with E-state index < -0.39 is 0 Å². The Bertz CT molecular complexity index is 274. The molecule has 0 atom stereocenters. The normalized spacial score (nSPS) is 21.0. The second-order valence-electron chi connectivity index (χ2n) is 3.39. The van der Waals surface area contributed by atoms with E-state index in [4.69, 9.17) is 0 Å². The first-order valence-electron chi connectivity index (χ1n) is 4.65. The molecule has 2 rings (SSSR count). The van der Waals surface area contributed by atoms with Gasteiger partial charge in [0.25, 0.3) is 0 Å². The molecule has 0 nitrogen and oxygen atoms in total. The van der Waals surface area contributed by atoms with Gasteiger partial charge in [-0.15, -0.1) is 0 Å². The summed E-state index contributed by atoms with van der Waals surface area (Å²) in [6.45, 7) is 0. The molecule has 0 amide bonds. The van der Waals surface area contributed by atoms with Crippen LogP contribution >= 0.6 is 0 Å². The van der Waals surface area contributed by atoms with E-state index in [0.717, 1.165) is 6.42 Å². The second-order valence-corrected chi connectivity index (χ2v) is 3.39. The van der Waals surface area contributed by atoms with Gasteiger partial charge in [0, 0.05) is 0 Å². The Hall–Kier alpha value is -1.04. The molecule has 0 N–H and O–H groups in total. The molecule has 0 radical (unpaired) electrons. The molecular formula is C12H14. The van der Waals surface area contributed by atoms with Crippen LogP contribution in [0.25, 0.3) is 0 Å². The summed E-state index contributed by atoms with van der Waals surface area (Å²) < 4.78 is 0. The van der Waals surface area contributed by atoms with Crippen molar-refractivity contribution in [2.75, 3.05) is 0 Å². The van der Waals surface area contributed by atoms with Crippen molar-refractivity contribution in [1.82, 2.24) is 0 Å². The lowest BCUT2D eigenvalue weighted by molar-refractivity contribution is 0.913. The topological polar surface area (TPSA) is 0 Å². The Morgan fingerprint density at radius 3 is 2.92 bits per heavy atom. The molecule has 0 spiro atoms. The number of allylic oxidation sites excluding steroid dienone is 8. The molecule has 0 heteroatoms. The van der Waals surface area contributed by atoms with Gasteiger partial charge < -0.3 is 0 Å². The maximum Gasteiger partial charge on any atom is -0.00670 e. The quantitative estimate of drug-likeness (QED) is 0.576. The number of hydrogen-bond donors (Lipinski definition) is 0. The van der Waals surface area contributed by atoms with Crippen LogP contribution in [0.5, 0.6) is 0 Å². The Morgan fingerprint density at radius 2 is 2.25 bits per heavy atom. The summed E-state index contributed by atoms with van der Waals surface area (Å²) in [4.78, 5) is 0. The first-order valence-corrected chi connectivity index (χ1v) is 4.65. The lowest BCUT2D eigenvalue weighted by atomic mass is 9.98. The lowest BCUT2D eigenvalue weighted by Crippen LogP contribution is -1.88. The van der Waals surface area contributed by atoms with Gasteiger partial charge in [-0.25, -0.2) is 0 Å². The second kappa shape index (κ2) is 3.57. The monoisotopic (exact) mass is 158 g/mol. The summed E-state index contributed by atoms with van der Waals surface area (Å²) in [7, 11) is 0. The van der Waals surface area contributed by atoms with Crippen molar-refractivity contribution in [3.63, 3.8) is 0 Å². The maximum absolute atomic E-state index is 2.32. The first-order chi connectivity index (χ1) is 5.95. The maximum atomic E-state index is 2.32. The summed E-state index contributed by atoms with van der Waals surface area (Å²) in [6.07, 6.45) is 18.3. The van der Waals surface area contributed by atoms with E-state index in [1.807, 2.05) is 0 Å². The van der Waals surface area contributed by atoms with Gasteiger partial charge in [-0.1, -0.05) is 42.0 Å². The molecule has 2 aliphatic carbocycles. The van der Waals surface area contributed by atoms with Gasteiger partial charge in [0.15, 0.2) is 0 Å². The van der Waals surface area contributed by atoms with Crippen molar-refractivity contribution in [1.29, 1.82) is 0 Å². The van der Waals surface area contributed by atoms with E-state index in [0.29, 0.717) is 0 Å². The van der Waals surface area contributed by atoms with Gasteiger partial charge in [0.1, 0.15) is 0 Å². The highest BCUT2D eigenvalue weighted by molar-refractivity contribution is 5.32.